The molecule has 0 saturated carbocycles. The number of ether oxygens (including phenoxy) is 1. The number of anilines is 2. The summed E-state index contributed by atoms with van der Waals surface area (Å²) in [6, 6.07) is 5.12. The lowest BCUT2D eigenvalue weighted by molar-refractivity contribution is -0.116. The van der Waals surface area contributed by atoms with Crippen LogP contribution in [0, 0.1) is 0 Å². The Labute approximate surface area is 106 Å². The number of rotatable bonds is 5. The molecule has 3 N–H and O–H groups in total. The summed E-state index contributed by atoms with van der Waals surface area (Å²) >= 11 is 5.94. The van der Waals surface area contributed by atoms with E-state index in [0.717, 1.165) is 0 Å². The molecule has 0 fully saturated rings. The number of halogens is 1. The van der Waals surface area contributed by atoms with Crippen LogP contribution >= 0.6 is 11.6 Å². The van der Waals surface area contributed by atoms with E-state index in [-0.39, 0.29) is 12.0 Å². The number of nitrogens with one attached hydrogen (secondary N) is 1. The van der Waals surface area contributed by atoms with Crippen LogP contribution in [0.1, 0.15) is 19.8 Å². The molecule has 4 nitrogen and oxygen atoms in total. The summed E-state index contributed by atoms with van der Waals surface area (Å²) in [5, 5.41) is 3.15. The van der Waals surface area contributed by atoms with E-state index in [4.69, 9.17) is 22.1 Å². The predicted molar refractivity (Wildman–Crippen MR) is 70.2 cm³/mol. The molecule has 1 unspecified atom stereocenters. The fraction of sp³-hybridized carbons (Fsp3) is 0.417. The maximum absolute atomic E-state index is 11.7. The monoisotopic (exact) mass is 256 g/mol. The van der Waals surface area contributed by atoms with Gasteiger partial charge in [0, 0.05) is 13.5 Å². The van der Waals surface area contributed by atoms with Crippen LogP contribution in [0.3, 0.4) is 0 Å². The number of methoxy groups -OCH3 is 1. The van der Waals surface area contributed by atoms with E-state index >= 15 is 0 Å². The highest BCUT2D eigenvalue weighted by molar-refractivity contribution is 6.34. The second-order valence-corrected chi connectivity index (χ2v) is 4.24. The van der Waals surface area contributed by atoms with Crippen molar-refractivity contribution >= 4 is 28.9 Å². The third-order valence-corrected chi connectivity index (χ3v) is 2.81. The highest BCUT2D eigenvalue weighted by Crippen LogP contribution is 2.27. The van der Waals surface area contributed by atoms with Crippen molar-refractivity contribution in [2.24, 2.45) is 0 Å². The molecule has 0 aliphatic rings. The molecule has 1 rings (SSSR count). The number of nitrogens with two attached hydrogens (primary N) is 1. The number of carbonyl (C=O) groups is 1. The zero-order chi connectivity index (χ0) is 12.8. The van der Waals surface area contributed by atoms with Crippen molar-refractivity contribution in [3.8, 4) is 0 Å². The van der Waals surface area contributed by atoms with Gasteiger partial charge in [-0.3, -0.25) is 4.79 Å². The third-order valence-electron chi connectivity index (χ3n) is 2.49. The fourth-order valence-corrected chi connectivity index (χ4v) is 1.56. The molecule has 5 heteroatoms. The average molecular weight is 257 g/mol. The van der Waals surface area contributed by atoms with Gasteiger partial charge < -0.3 is 15.8 Å². The smallest absolute Gasteiger partial charge is 0.224 e. The molecule has 0 radical (unpaired) electrons. The zero-order valence-electron chi connectivity index (χ0n) is 10.00. The Balaban J connectivity index is 2.56. The standard InChI is InChI=1S/C12H17ClN2O2/c1-8(17-2)6-7-11(16)15-12-9(13)4-3-5-10(12)14/h3-5,8H,6-7,14H2,1-2H3,(H,15,16). The first kappa shape index (κ1) is 13.8. The maximum Gasteiger partial charge on any atom is 0.224 e. The van der Waals surface area contributed by atoms with Crippen LogP contribution in [0.5, 0.6) is 0 Å². The van der Waals surface area contributed by atoms with Crippen LogP contribution in [0.25, 0.3) is 0 Å². The maximum atomic E-state index is 11.7. The van der Waals surface area contributed by atoms with Gasteiger partial charge in [-0.1, -0.05) is 17.7 Å². The van der Waals surface area contributed by atoms with Crippen molar-refractivity contribution in [3.05, 3.63) is 23.2 Å². The van der Waals surface area contributed by atoms with Crippen molar-refractivity contribution in [1.82, 2.24) is 0 Å². The van der Waals surface area contributed by atoms with Gasteiger partial charge in [0.2, 0.25) is 5.91 Å². The summed E-state index contributed by atoms with van der Waals surface area (Å²) in [4.78, 5) is 11.7. The Morgan fingerprint density at radius 3 is 2.88 bits per heavy atom. The molecule has 0 heterocycles. The lowest BCUT2D eigenvalue weighted by atomic mass is 10.2. The van der Waals surface area contributed by atoms with Crippen LogP contribution in [-0.2, 0) is 9.53 Å². The van der Waals surface area contributed by atoms with Gasteiger partial charge in [0.1, 0.15) is 0 Å². The molecule has 1 aromatic rings. The fourth-order valence-electron chi connectivity index (χ4n) is 1.33. The van der Waals surface area contributed by atoms with Crippen LogP contribution in [0.4, 0.5) is 11.4 Å². The SMILES string of the molecule is COC(C)CCC(=O)Nc1c(N)cccc1Cl. The van der Waals surface area contributed by atoms with Crippen LogP contribution < -0.4 is 11.1 Å². The summed E-state index contributed by atoms with van der Waals surface area (Å²) < 4.78 is 5.07. The number of carbonyl (C=O) groups excluding carboxylic acids is 1. The Morgan fingerprint density at radius 1 is 1.59 bits per heavy atom. The number of hydrogen-bond acceptors (Lipinski definition) is 3. The molecule has 1 aromatic carbocycles. The van der Waals surface area contributed by atoms with Crippen molar-refractivity contribution in [2.45, 2.75) is 25.9 Å². The van der Waals surface area contributed by atoms with Crippen molar-refractivity contribution in [3.63, 3.8) is 0 Å². The molecule has 17 heavy (non-hydrogen) atoms. The first-order valence-corrected chi connectivity index (χ1v) is 5.79. The number of hydrogen-bond donors (Lipinski definition) is 2. The Morgan fingerprint density at radius 2 is 2.29 bits per heavy atom. The average Bonchev–Trinajstić information content (AvgIpc) is 2.31. The first-order valence-electron chi connectivity index (χ1n) is 5.41. The minimum atomic E-state index is -0.117. The largest absolute Gasteiger partial charge is 0.397 e. The lowest BCUT2D eigenvalue weighted by Gasteiger charge is -2.11. The van der Waals surface area contributed by atoms with E-state index in [1.807, 2.05) is 6.92 Å². The van der Waals surface area contributed by atoms with Gasteiger partial charge in [-0.15, -0.1) is 0 Å². The van der Waals surface area contributed by atoms with Gasteiger partial charge >= 0.3 is 0 Å². The van der Waals surface area contributed by atoms with Gasteiger partial charge in [-0.05, 0) is 25.5 Å². The van der Waals surface area contributed by atoms with Crippen molar-refractivity contribution in [2.75, 3.05) is 18.2 Å². The summed E-state index contributed by atoms with van der Waals surface area (Å²) in [7, 11) is 1.62. The van der Waals surface area contributed by atoms with E-state index < -0.39 is 0 Å². The second-order valence-electron chi connectivity index (χ2n) is 3.84. The van der Waals surface area contributed by atoms with Crippen LogP contribution in [0.2, 0.25) is 5.02 Å². The molecular weight excluding hydrogens is 240 g/mol. The molecular formula is C12H17ClN2O2. The summed E-state index contributed by atoms with van der Waals surface area (Å²) in [5.74, 6) is -0.117. The third kappa shape index (κ3) is 4.24. The molecule has 94 valence electrons. The molecule has 0 spiro atoms. The second kappa shape index (κ2) is 6.47. The van der Waals surface area contributed by atoms with Crippen molar-refractivity contribution in [1.29, 1.82) is 0 Å². The summed E-state index contributed by atoms with van der Waals surface area (Å²) in [5.41, 5.74) is 6.67. The van der Waals surface area contributed by atoms with Crippen molar-refractivity contribution < 1.29 is 9.53 Å². The van der Waals surface area contributed by atoms with E-state index in [0.29, 0.717) is 29.2 Å². The number of para-hydroxylation sites is 1. The van der Waals surface area contributed by atoms with Gasteiger partial charge in [0.15, 0.2) is 0 Å². The highest BCUT2D eigenvalue weighted by Gasteiger charge is 2.10. The molecule has 1 amide bonds. The Bertz CT molecular complexity index is 376. The molecule has 1 atom stereocenters. The molecule has 0 bridgehead atoms. The van der Waals surface area contributed by atoms with Crippen LogP contribution in [0.15, 0.2) is 18.2 Å². The Kier molecular flexibility index (Phi) is 5.25. The minimum absolute atomic E-state index is 0.0596. The van der Waals surface area contributed by atoms with E-state index in [1.165, 1.54) is 0 Å². The van der Waals surface area contributed by atoms with Crippen LogP contribution in [-0.4, -0.2) is 19.1 Å². The number of nitrogen functional groups attached to an aromatic ring is 1. The lowest BCUT2D eigenvalue weighted by Crippen LogP contribution is -2.16. The minimum Gasteiger partial charge on any atom is -0.397 e. The van der Waals surface area contributed by atoms with E-state index in [1.54, 1.807) is 25.3 Å². The van der Waals surface area contributed by atoms with E-state index in [9.17, 15) is 4.79 Å². The zero-order valence-corrected chi connectivity index (χ0v) is 10.8. The molecule has 0 aliphatic carbocycles. The number of benzene rings is 1. The Hall–Kier alpha value is -1.26. The van der Waals surface area contributed by atoms with E-state index in [2.05, 4.69) is 5.32 Å². The first-order chi connectivity index (χ1) is 8.04. The quantitative estimate of drug-likeness (QED) is 0.796. The summed E-state index contributed by atoms with van der Waals surface area (Å²) in [6.45, 7) is 1.91. The predicted octanol–water partition coefficient (Wildman–Crippen LogP) is 2.68. The molecule has 0 aromatic heterocycles. The normalized spacial score (nSPS) is 12.2. The van der Waals surface area contributed by atoms with Gasteiger partial charge in [0.25, 0.3) is 0 Å². The number of amides is 1. The molecule has 0 aliphatic heterocycles. The highest BCUT2D eigenvalue weighted by atomic mass is 35.5. The van der Waals surface area contributed by atoms with Gasteiger partial charge in [-0.25, -0.2) is 0 Å². The van der Waals surface area contributed by atoms with Gasteiger partial charge in [0.05, 0.1) is 22.5 Å². The summed E-state index contributed by atoms with van der Waals surface area (Å²) in [6.07, 6.45) is 1.09. The molecule has 0 saturated heterocycles. The topological polar surface area (TPSA) is 64.3 Å². The van der Waals surface area contributed by atoms with Gasteiger partial charge in [-0.2, -0.15) is 0 Å².